The smallest absolute Gasteiger partial charge is 0.251 e. The summed E-state index contributed by atoms with van der Waals surface area (Å²) in [5.41, 5.74) is 2.31. The molecular weight excluding hydrogens is 569 g/mol. The van der Waals surface area contributed by atoms with Gasteiger partial charge in [0.1, 0.15) is 23.9 Å². The molecular formula is C32H28FN5O6. The topological polar surface area (TPSA) is 117 Å². The Kier molecular flexibility index (Phi) is 7.96. The Morgan fingerprint density at radius 3 is 2.55 bits per heavy atom. The second-order valence-electron chi connectivity index (χ2n) is 9.92. The monoisotopic (exact) mass is 597 g/mol. The van der Waals surface area contributed by atoms with Crippen LogP contribution in [0.15, 0.2) is 84.9 Å². The van der Waals surface area contributed by atoms with Crippen LogP contribution in [0.25, 0.3) is 11.0 Å². The van der Waals surface area contributed by atoms with E-state index in [9.17, 15) is 9.59 Å². The first-order chi connectivity index (χ1) is 21.4. The number of benzene rings is 4. The third kappa shape index (κ3) is 5.69. The van der Waals surface area contributed by atoms with E-state index in [0.717, 1.165) is 0 Å². The van der Waals surface area contributed by atoms with Gasteiger partial charge in [-0.25, -0.2) is 9.07 Å². The second-order valence-corrected chi connectivity index (χ2v) is 9.92. The van der Waals surface area contributed by atoms with E-state index in [1.165, 1.54) is 29.9 Å². The van der Waals surface area contributed by atoms with Crippen LogP contribution in [0.5, 0.6) is 23.0 Å². The number of ether oxygens (including phenoxy) is 4. The zero-order valence-electron chi connectivity index (χ0n) is 23.9. The highest BCUT2D eigenvalue weighted by Gasteiger charge is 2.34. The molecule has 11 nitrogen and oxygen atoms in total. The molecule has 1 aliphatic rings. The van der Waals surface area contributed by atoms with E-state index in [1.54, 1.807) is 66.7 Å². The van der Waals surface area contributed by atoms with Crippen molar-refractivity contribution in [2.45, 2.75) is 19.1 Å². The number of nitrogens with zero attached hydrogens (tertiary/aromatic N) is 4. The van der Waals surface area contributed by atoms with Gasteiger partial charge in [0.15, 0.2) is 23.0 Å². The Labute approximate surface area is 251 Å². The van der Waals surface area contributed by atoms with Gasteiger partial charge in [-0.1, -0.05) is 41.6 Å². The minimum absolute atomic E-state index is 0.0723. The van der Waals surface area contributed by atoms with E-state index in [1.807, 2.05) is 12.1 Å². The minimum Gasteiger partial charge on any atom is -0.493 e. The Balaban J connectivity index is 1.43. The molecule has 0 bridgehead atoms. The number of amides is 2. The lowest BCUT2D eigenvalue weighted by Crippen LogP contribution is -2.42. The lowest BCUT2D eigenvalue weighted by atomic mass is 10.0. The molecule has 44 heavy (non-hydrogen) atoms. The van der Waals surface area contributed by atoms with Crippen LogP contribution in [0.4, 0.5) is 10.1 Å². The van der Waals surface area contributed by atoms with E-state index in [4.69, 9.17) is 18.9 Å². The van der Waals surface area contributed by atoms with Crippen molar-refractivity contribution in [2.24, 2.45) is 0 Å². The highest BCUT2D eigenvalue weighted by Crippen LogP contribution is 2.36. The molecule has 1 unspecified atom stereocenters. The van der Waals surface area contributed by atoms with Crippen molar-refractivity contribution in [3.05, 3.63) is 102 Å². The number of nitrogens with one attached hydrogen (secondary N) is 1. The molecule has 0 aliphatic carbocycles. The summed E-state index contributed by atoms with van der Waals surface area (Å²) >= 11 is 0. The molecule has 1 aromatic heterocycles. The van der Waals surface area contributed by atoms with Crippen LogP contribution in [0.3, 0.4) is 0 Å². The Morgan fingerprint density at radius 1 is 0.955 bits per heavy atom. The van der Waals surface area contributed by atoms with Crippen LogP contribution >= 0.6 is 0 Å². The predicted molar refractivity (Wildman–Crippen MR) is 158 cm³/mol. The molecule has 0 fully saturated rings. The fourth-order valence-electron chi connectivity index (χ4n) is 5.07. The Bertz CT molecular complexity index is 1840. The Morgan fingerprint density at radius 2 is 1.73 bits per heavy atom. The molecule has 224 valence electrons. The van der Waals surface area contributed by atoms with Crippen molar-refractivity contribution >= 4 is 28.5 Å². The molecule has 12 heteroatoms. The zero-order chi connectivity index (χ0) is 30.6. The number of hydrogen-bond acceptors (Lipinski definition) is 8. The number of carbonyl (C=O) groups excluding carboxylic acids is 2. The largest absolute Gasteiger partial charge is 0.493 e. The SMILES string of the molecule is COc1ccc(C(C(=O)Nc2ccc3c(c2)OCO3)N(Cc2ccccc2F)C(=O)Cn2nnc3ccccc32)cc1OC. The molecule has 2 heterocycles. The molecule has 5 aromatic rings. The summed E-state index contributed by atoms with van der Waals surface area (Å²) in [7, 11) is 2.97. The first-order valence-electron chi connectivity index (χ1n) is 13.7. The van der Waals surface area contributed by atoms with Gasteiger partial charge in [-0.15, -0.1) is 5.10 Å². The van der Waals surface area contributed by atoms with Crippen molar-refractivity contribution in [3.8, 4) is 23.0 Å². The predicted octanol–water partition coefficient (Wildman–Crippen LogP) is 4.73. The van der Waals surface area contributed by atoms with Gasteiger partial charge in [-0.05, 0) is 48.0 Å². The first kappa shape index (κ1) is 28.5. The van der Waals surface area contributed by atoms with Crippen LogP contribution in [0.2, 0.25) is 0 Å². The van der Waals surface area contributed by atoms with Gasteiger partial charge in [0.05, 0.1) is 19.7 Å². The number of hydrogen-bond donors (Lipinski definition) is 1. The number of anilines is 1. The van der Waals surface area contributed by atoms with Crippen LogP contribution in [-0.2, 0) is 22.7 Å². The quantitative estimate of drug-likeness (QED) is 0.246. The number of aromatic nitrogens is 3. The van der Waals surface area contributed by atoms with Crippen molar-refractivity contribution in [2.75, 3.05) is 26.3 Å². The third-order valence-corrected chi connectivity index (χ3v) is 7.25. The fourth-order valence-corrected chi connectivity index (χ4v) is 5.07. The highest BCUT2D eigenvalue weighted by atomic mass is 19.1. The van der Waals surface area contributed by atoms with Crippen LogP contribution in [0, 0.1) is 5.82 Å². The van der Waals surface area contributed by atoms with Gasteiger partial charge in [-0.3, -0.25) is 9.59 Å². The zero-order valence-corrected chi connectivity index (χ0v) is 23.9. The molecule has 1 atom stereocenters. The summed E-state index contributed by atoms with van der Waals surface area (Å²) in [6.07, 6.45) is 0. The molecule has 2 amide bonds. The summed E-state index contributed by atoms with van der Waals surface area (Å²) in [5.74, 6) is 0.254. The van der Waals surface area contributed by atoms with Gasteiger partial charge in [0, 0.05) is 23.9 Å². The van der Waals surface area contributed by atoms with Crippen molar-refractivity contribution in [3.63, 3.8) is 0 Å². The van der Waals surface area contributed by atoms with Gasteiger partial charge in [0.2, 0.25) is 12.7 Å². The van der Waals surface area contributed by atoms with Crippen LogP contribution in [-0.4, -0.2) is 52.7 Å². The molecule has 6 rings (SSSR count). The molecule has 1 N–H and O–H groups in total. The maximum Gasteiger partial charge on any atom is 0.251 e. The van der Waals surface area contributed by atoms with Crippen molar-refractivity contribution < 1.29 is 32.9 Å². The average Bonchev–Trinajstić information content (AvgIpc) is 3.68. The van der Waals surface area contributed by atoms with Crippen molar-refractivity contribution in [1.82, 2.24) is 19.9 Å². The van der Waals surface area contributed by atoms with Crippen LogP contribution < -0.4 is 24.3 Å². The van der Waals surface area contributed by atoms with Crippen molar-refractivity contribution in [1.29, 1.82) is 0 Å². The van der Waals surface area contributed by atoms with E-state index >= 15 is 4.39 Å². The summed E-state index contributed by atoms with van der Waals surface area (Å²) in [6, 6.07) is 22.0. The molecule has 1 aliphatic heterocycles. The van der Waals surface area contributed by atoms with E-state index in [2.05, 4.69) is 15.6 Å². The first-order valence-corrected chi connectivity index (χ1v) is 13.7. The third-order valence-electron chi connectivity index (χ3n) is 7.25. The number of rotatable bonds is 10. The number of halogens is 1. The van der Waals surface area contributed by atoms with Gasteiger partial charge < -0.3 is 29.2 Å². The molecule has 0 spiro atoms. The summed E-state index contributed by atoms with van der Waals surface area (Å²) in [4.78, 5) is 29.8. The van der Waals surface area contributed by atoms with E-state index in [-0.39, 0.29) is 25.4 Å². The molecule has 0 radical (unpaired) electrons. The van der Waals surface area contributed by atoms with E-state index < -0.39 is 23.7 Å². The lowest BCUT2D eigenvalue weighted by Gasteiger charge is -2.32. The highest BCUT2D eigenvalue weighted by molar-refractivity contribution is 5.98. The number of fused-ring (bicyclic) bond motifs is 2. The number of para-hydroxylation sites is 1. The number of carbonyl (C=O) groups is 2. The van der Waals surface area contributed by atoms with Gasteiger partial charge >= 0.3 is 0 Å². The fraction of sp³-hybridized carbons (Fsp3) is 0.188. The minimum atomic E-state index is -1.23. The maximum absolute atomic E-state index is 15.0. The lowest BCUT2D eigenvalue weighted by molar-refractivity contribution is -0.140. The summed E-state index contributed by atoms with van der Waals surface area (Å²) < 4.78 is 38.2. The maximum atomic E-state index is 15.0. The second kappa shape index (κ2) is 12.3. The summed E-state index contributed by atoms with van der Waals surface area (Å²) in [5, 5.41) is 11.2. The van der Waals surface area contributed by atoms with Crippen LogP contribution in [0.1, 0.15) is 17.2 Å². The molecule has 0 saturated heterocycles. The van der Waals surface area contributed by atoms with Gasteiger partial charge in [0.25, 0.3) is 5.91 Å². The van der Waals surface area contributed by atoms with Gasteiger partial charge in [-0.2, -0.15) is 0 Å². The number of methoxy groups -OCH3 is 2. The Hall–Kier alpha value is -5.65. The summed E-state index contributed by atoms with van der Waals surface area (Å²) in [6.45, 7) is -0.398. The molecule has 0 saturated carbocycles. The standard InChI is InChI=1S/C32H28FN5O6/c1-41-26-13-11-20(15-28(26)42-2)31(32(40)34-22-12-14-27-29(16-22)44-19-43-27)37(17-21-7-3-4-8-23(21)33)30(39)18-38-25-10-6-5-9-24(25)35-36-38/h3-16,31H,17-19H2,1-2H3,(H,34,40). The van der Waals surface area contributed by atoms with E-state index in [0.29, 0.717) is 45.3 Å². The normalized spacial score (nSPS) is 12.5. The average molecular weight is 598 g/mol. The molecule has 4 aromatic carbocycles.